The van der Waals surface area contributed by atoms with Crippen molar-refractivity contribution in [2.75, 3.05) is 13.7 Å². The summed E-state index contributed by atoms with van der Waals surface area (Å²) in [6.07, 6.45) is 0.448. The van der Waals surface area contributed by atoms with Gasteiger partial charge in [0.15, 0.2) is 0 Å². The van der Waals surface area contributed by atoms with Gasteiger partial charge in [0.2, 0.25) is 0 Å². The molecule has 2 N–H and O–H groups in total. The molecule has 0 aromatic heterocycles. The van der Waals surface area contributed by atoms with Crippen molar-refractivity contribution in [3.63, 3.8) is 0 Å². The number of ether oxygens (including phenoxy) is 2. The van der Waals surface area contributed by atoms with Crippen molar-refractivity contribution in [2.24, 2.45) is 5.73 Å². The molecular weight excluding hydrogens is 254 g/mol. The lowest BCUT2D eigenvalue weighted by atomic mass is 9.99. The largest absolute Gasteiger partial charge is 0.497 e. The van der Waals surface area contributed by atoms with Gasteiger partial charge >= 0.3 is 5.97 Å². The molecule has 0 unspecified atom stereocenters. The van der Waals surface area contributed by atoms with Crippen LogP contribution in [-0.2, 0) is 16.0 Å². The Labute approximate surface area is 118 Å². The summed E-state index contributed by atoms with van der Waals surface area (Å²) in [6, 6.07) is 11.2. The fraction of sp³-hybridized carbons (Fsp3) is 0.312. The summed E-state index contributed by atoms with van der Waals surface area (Å²) in [5.41, 5.74) is 6.91. The Bertz CT molecular complexity index is 610. The molecule has 0 aliphatic carbocycles. The lowest BCUT2D eigenvalue weighted by molar-refractivity contribution is -0.144. The van der Waals surface area contributed by atoms with Crippen molar-refractivity contribution < 1.29 is 14.3 Å². The van der Waals surface area contributed by atoms with E-state index in [9.17, 15) is 4.79 Å². The van der Waals surface area contributed by atoms with Gasteiger partial charge < -0.3 is 15.2 Å². The third kappa shape index (κ3) is 3.08. The van der Waals surface area contributed by atoms with Gasteiger partial charge in [-0.2, -0.15) is 0 Å². The van der Waals surface area contributed by atoms with Crippen LogP contribution in [0.1, 0.15) is 12.5 Å². The number of benzene rings is 2. The van der Waals surface area contributed by atoms with Crippen LogP contribution in [0.4, 0.5) is 0 Å². The number of rotatable bonds is 5. The van der Waals surface area contributed by atoms with E-state index in [0.29, 0.717) is 13.0 Å². The van der Waals surface area contributed by atoms with Crippen molar-refractivity contribution in [2.45, 2.75) is 19.4 Å². The zero-order valence-electron chi connectivity index (χ0n) is 11.8. The average Bonchev–Trinajstić information content (AvgIpc) is 2.47. The second kappa shape index (κ2) is 6.39. The van der Waals surface area contributed by atoms with E-state index >= 15 is 0 Å². The number of methoxy groups -OCH3 is 1. The fourth-order valence-electron chi connectivity index (χ4n) is 2.19. The number of nitrogens with two attached hydrogens (primary N) is 1. The first kappa shape index (κ1) is 14.3. The van der Waals surface area contributed by atoms with Gasteiger partial charge in [0.1, 0.15) is 11.8 Å². The lowest BCUT2D eigenvalue weighted by Crippen LogP contribution is -2.34. The van der Waals surface area contributed by atoms with Gasteiger partial charge in [-0.05, 0) is 41.8 Å². The van der Waals surface area contributed by atoms with E-state index in [1.165, 1.54) is 0 Å². The van der Waals surface area contributed by atoms with Gasteiger partial charge in [-0.3, -0.25) is 4.79 Å². The van der Waals surface area contributed by atoms with E-state index < -0.39 is 6.04 Å². The quantitative estimate of drug-likeness (QED) is 0.849. The second-order valence-electron chi connectivity index (χ2n) is 4.57. The highest BCUT2D eigenvalue weighted by molar-refractivity contribution is 5.88. The molecule has 2 aromatic rings. The molecule has 4 heteroatoms. The third-order valence-electron chi connectivity index (χ3n) is 3.21. The number of hydrogen-bond acceptors (Lipinski definition) is 4. The molecule has 0 bridgehead atoms. The highest BCUT2D eigenvalue weighted by atomic mass is 16.5. The predicted molar refractivity (Wildman–Crippen MR) is 78.8 cm³/mol. The van der Waals surface area contributed by atoms with Crippen LogP contribution in [0.5, 0.6) is 5.75 Å². The molecule has 0 radical (unpaired) electrons. The Balaban J connectivity index is 2.31. The number of fused-ring (bicyclic) bond motifs is 1. The van der Waals surface area contributed by atoms with Gasteiger partial charge in [0.25, 0.3) is 0 Å². The van der Waals surface area contributed by atoms with E-state index in [0.717, 1.165) is 22.1 Å². The zero-order chi connectivity index (χ0) is 14.5. The first-order valence-electron chi connectivity index (χ1n) is 6.63. The molecule has 0 saturated carbocycles. The molecule has 1 atom stereocenters. The highest BCUT2D eigenvalue weighted by Crippen LogP contribution is 2.24. The number of carbonyl (C=O) groups is 1. The lowest BCUT2D eigenvalue weighted by Gasteiger charge is -2.13. The maximum absolute atomic E-state index is 11.6. The summed E-state index contributed by atoms with van der Waals surface area (Å²) in [7, 11) is 1.63. The molecular formula is C16H19NO3. The average molecular weight is 273 g/mol. The van der Waals surface area contributed by atoms with Crippen LogP contribution in [0.2, 0.25) is 0 Å². The van der Waals surface area contributed by atoms with Gasteiger partial charge in [-0.1, -0.05) is 24.3 Å². The maximum atomic E-state index is 11.6. The summed E-state index contributed by atoms with van der Waals surface area (Å²) < 4.78 is 10.2. The zero-order valence-corrected chi connectivity index (χ0v) is 11.8. The summed E-state index contributed by atoms with van der Waals surface area (Å²) in [5, 5.41) is 2.14. The number of hydrogen-bond donors (Lipinski definition) is 1. The molecule has 0 amide bonds. The molecule has 0 heterocycles. The molecule has 2 aromatic carbocycles. The van der Waals surface area contributed by atoms with E-state index in [1.54, 1.807) is 14.0 Å². The van der Waals surface area contributed by atoms with Gasteiger partial charge in [-0.25, -0.2) is 0 Å². The second-order valence-corrected chi connectivity index (χ2v) is 4.57. The molecule has 20 heavy (non-hydrogen) atoms. The van der Waals surface area contributed by atoms with Crippen LogP contribution in [-0.4, -0.2) is 25.7 Å². The minimum absolute atomic E-state index is 0.343. The van der Waals surface area contributed by atoms with Crippen molar-refractivity contribution in [1.82, 2.24) is 0 Å². The Morgan fingerprint density at radius 1 is 1.30 bits per heavy atom. The van der Waals surface area contributed by atoms with Crippen LogP contribution in [0.15, 0.2) is 36.4 Å². The fourth-order valence-corrected chi connectivity index (χ4v) is 2.19. The van der Waals surface area contributed by atoms with E-state index in [2.05, 4.69) is 0 Å². The van der Waals surface area contributed by atoms with E-state index in [-0.39, 0.29) is 5.97 Å². The van der Waals surface area contributed by atoms with Crippen LogP contribution < -0.4 is 10.5 Å². The topological polar surface area (TPSA) is 61.5 Å². The van der Waals surface area contributed by atoms with Gasteiger partial charge in [-0.15, -0.1) is 0 Å². The Hall–Kier alpha value is -2.07. The monoisotopic (exact) mass is 273 g/mol. The molecule has 0 saturated heterocycles. The van der Waals surface area contributed by atoms with Crippen LogP contribution in [0, 0.1) is 0 Å². The predicted octanol–water partition coefficient (Wildman–Crippen LogP) is 2.28. The molecule has 0 spiro atoms. The van der Waals surface area contributed by atoms with Crippen LogP contribution in [0.3, 0.4) is 0 Å². The standard InChI is InChI=1S/C16H19NO3/c1-3-20-16(18)15(17)9-12-6-4-5-11-7-8-13(19-2)10-14(11)12/h4-8,10,15H,3,9,17H2,1-2H3/t15-/m0/s1. The molecule has 106 valence electrons. The molecule has 0 aliphatic heterocycles. The van der Waals surface area contributed by atoms with Crippen molar-refractivity contribution in [3.05, 3.63) is 42.0 Å². The first-order valence-corrected chi connectivity index (χ1v) is 6.63. The molecule has 0 aliphatic rings. The van der Waals surface area contributed by atoms with Crippen molar-refractivity contribution in [3.8, 4) is 5.75 Å². The Kier molecular flexibility index (Phi) is 4.58. The van der Waals surface area contributed by atoms with E-state index in [4.69, 9.17) is 15.2 Å². The Morgan fingerprint density at radius 3 is 2.80 bits per heavy atom. The normalized spacial score (nSPS) is 12.2. The molecule has 0 fully saturated rings. The summed E-state index contributed by atoms with van der Waals surface area (Å²) >= 11 is 0. The van der Waals surface area contributed by atoms with Crippen LogP contribution >= 0.6 is 0 Å². The minimum atomic E-state index is -0.647. The molecule has 2 rings (SSSR count). The van der Waals surface area contributed by atoms with Crippen molar-refractivity contribution in [1.29, 1.82) is 0 Å². The van der Waals surface area contributed by atoms with Gasteiger partial charge in [0.05, 0.1) is 13.7 Å². The molecule has 4 nitrogen and oxygen atoms in total. The number of carbonyl (C=O) groups excluding carboxylic acids is 1. The highest BCUT2D eigenvalue weighted by Gasteiger charge is 2.16. The number of esters is 1. The summed E-state index contributed by atoms with van der Waals surface area (Å²) in [6.45, 7) is 2.11. The third-order valence-corrected chi connectivity index (χ3v) is 3.21. The van der Waals surface area contributed by atoms with Crippen molar-refractivity contribution >= 4 is 16.7 Å². The van der Waals surface area contributed by atoms with Crippen LogP contribution in [0.25, 0.3) is 10.8 Å². The van der Waals surface area contributed by atoms with Gasteiger partial charge in [0, 0.05) is 0 Å². The Morgan fingerprint density at radius 2 is 2.10 bits per heavy atom. The minimum Gasteiger partial charge on any atom is -0.497 e. The SMILES string of the molecule is CCOC(=O)[C@@H](N)Cc1cccc2ccc(OC)cc12. The first-order chi connectivity index (χ1) is 9.65. The smallest absolute Gasteiger partial charge is 0.323 e. The summed E-state index contributed by atoms with van der Waals surface area (Å²) in [4.78, 5) is 11.6. The van der Waals surface area contributed by atoms with E-state index in [1.807, 2.05) is 36.4 Å². The summed E-state index contributed by atoms with van der Waals surface area (Å²) in [5.74, 6) is 0.419. The maximum Gasteiger partial charge on any atom is 0.323 e.